The van der Waals surface area contributed by atoms with E-state index in [1.807, 2.05) is 19.1 Å². The van der Waals surface area contributed by atoms with Crippen LogP contribution in [0.4, 0.5) is 5.69 Å². The van der Waals surface area contributed by atoms with Gasteiger partial charge < -0.3 is 19.7 Å². The molecule has 11 nitrogen and oxygen atoms in total. The molecule has 1 aliphatic carbocycles. The van der Waals surface area contributed by atoms with E-state index in [-0.39, 0.29) is 37.5 Å². The fourth-order valence-corrected chi connectivity index (χ4v) is 4.14. The Labute approximate surface area is 188 Å². The molecule has 4 rings (SSSR count). The van der Waals surface area contributed by atoms with Gasteiger partial charge in [-0.25, -0.2) is 9.78 Å². The Hall–Kier alpha value is -3.76. The van der Waals surface area contributed by atoms with Crippen molar-refractivity contribution in [1.29, 1.82) is 0 Å². The molecule has 0 radical (unpaired) electrons. The van der Waals surface area contributed by atoms with Gasteiger partial charge in [0, 0.05) is 18.3 Å². The van der Waals surface area contributed by atoms with Crippen molar-refractivity contribution in [1.82, 2.24) is 19.5 Å². The summed E-state index contributed by atoms with van der Waals surface area (Å²) in [6, 6.07) is 4.14. The van der Waals surface area contributed by atoms with Gasteiger partial charge >= 0.3 is 17.6 Å². The molecule has 1 aromatic rings. The van der Waals surface area contributed by atoms with Gasteiger partial charge in [-0.2, -0.15) is 4.98 Å². The SMILES string of the molecule is Cc1cc2nc3c(=O)[nH]c(=O)nc-3n(CCC(=O)OCCC(=O)O)c2cc1NC1CCCC1. The number of hydrogen-bond donors (Lipinski definition) is 3. The van der Waals surface area contributed by atoms with Crippen LogP contribution in [0.25, 0.3) is 22.6 Å². The summed E-state index contributed by atoms with van der Waals surface area (Å²) in [5, 5.41) is 12.3. The minimum absolute atomic E-state index is 0.00255. The highest BCUT2D eigenvalue weighted by Gasteiger charge is 2.21. The normalized spacial score (nSPS) is 14.1. The van der Waals surface area contributed by atoms with E-state index in [4.69, 9.17) is 9.84 Å². The molecule has 0 unspecified atom stereocenters. The molecule has 1 fully saturated rings. The maximum atomic E-state index is 12.4. The standard InChI is InChI=1S/C22H25N5O6/c1-12-10-15-16(11-14(12)23-13-4-2-3-5-13)27(8-6-18(30)33-9-7-17(28)29)20-19(24-15)21(31)26-22(32)25-20/h10-11,13,23H,2-9H2,1H3,(H,28,29)(H,26,31,32). The van der Waals surface area contributed by atoms with E-state index in [2.05, 4.69) is 20.3 Å². The topological polar surface area (TPSA) is 156 Å². The van der Waals surface area contributed by atoms with Crippen molar-refractivity contribution >= 4 is 28.7 Å². The Kier molecular flexibility index (Phi) is 6.38. The summed E-state index contributed by atoms with van der Waals surface area (Å²) in [5.41, 5.74) is 1.56. The number of carbonyl (C=O) groups excluding carboxylic acids is 1. The van der Waals surface area contributed by atoms with Crippen LogP contribution in [0.1, 0.15) is 44.1 Å². The number of nitrogens with one attached hydrogen (secondary N) is 2. The second-order valence-corrected chi connectivity index (χ2v) is 8.20. The van der Waals surface area contributed by atoms with E-state index < -0.39 is 23.2 Å². The Morgan fingerprint density at radius 1 is 1.21 bits per heavy atom. The van der Waals surface area contributed by atoms with Gasteiger partial charge in [0.25, 0.3) is 5.56 Å². The van der Waals surface area contributed by atoms with Crippen molar-refractivity contribution in [2.75, 3.05) is 11.9 Å². The number of benzene rings is 1. The number of aromatic amines is 1. The number of H-pyrrole nitrogens is 1. The smallest absolute Gasteiger partial charge is 0.349 e. The van der Waals surface area contributed by atoms with Gasteiger partial charge in [0.1, 0.15) is 6.61 Å². The molecule has 3 N–H and O–H groups in total. The zero-order valence-electron chi connectivity index (χ0n) is 18.2. The lowest BCUT2D eigenvalue weighted by molar-refractivity contribution is -0.146. The third-order valence-electron chi connectivity index (χ3n) is 5.79. The molecule has 0 amide bonds. The maximum Gasteiger partial charge on any atom is 0.349 e. The van der Waals surface area contributed by atoms with Gasteiger partial charge in [-0.05, 0) is 37.5 Å². The van der Waals surface area contributed by atoms with Gasteiger partial charge in [-0.15, -0.1) is 0 Å². The molecule has 33 heavy (non-hydrogen) atoms. The lowest BCUT2D eigenvalue weighted by Crippen LogP contribution is -2.29. The first-order valence-electron chi connectivity index (χ1n) is 10.9. The van der Waals surface area contributed by atoms with Crippen molar-refractivity contribution in [3.63, 3.8) is 0 Å². The Morgan fingerprint density at radius 3 is 2.70 bits per heavy atom. The molecule has 3 aliphatic rings. The second kappa shape index (κ2) is 9.39. The molecule has 174 valence electrons. The number of aliphatic carboxylic acids is 1. The number of fused-ring (bicyclic) bond motifs is 2. The number of aromatic nitrogens is 4. The van der Waals surface area contributed by atoms with Gasteiger partial charge in [-0.3, -0.25) is 19.4 Å². The molecule has 2 heterocycles. The van der Waals surface area contributed by atoms with Crippen LogP contribution in [0.15, 0.2) is 21.7 Å². The molecular weight excluding hydrogens is 430 g/mol. The number of aryl methyl sites for hydroxylation is 2. The van der Waals surface area contributed by atoms with E-state index >= 15 is 0 Å². The lowest BCUT2D eigenvalue weighted by Gasteiger charge is -2.20. The summed E-state index contributed by atoms with van der Waals surface area (Å²) in [6.45, 7) is 1.80. The number of carboxylic acids is 1. The number of esters is 1. The fourth-order valence-electron chi connectivity index (χ4n) is 4.14. The lowest BCUT2D eigenvalue weighted by atomic mass is 10.1. The predicted molar refractivity (Wildman–Crippen MR) is 119 cm³/mol. The van der Waals surface area contributed by atoms with Crippen LogP contribution in [-0.2, 0) is 20.9 Å². The Bertz CT molecular complexity index is 1290. The van der Waals surface area contributed by atoms with Crippen LogP contribution >= 0.6 is 0 Å². The summed E-state index contributed by atoms with van der Waals surface area (Å²) >= 11 is 0. The maximum absolute atomic E-state index is 12.4. The number of anilines is 1. The minimum atomic E-state index is -1.06. The zero-order chi connectivity index (χ0) is 23.5. The van der Waals surface area contributed by atoms with Gasteiger partial charge in [-0.1, -0.05) is 12.8 Å². The summed E-state index contributed by atoms with van der Waals surface area (Å²) in [4.78, 5) is 57.6. The first-order valence-corrected chi connectivity index (χ1v) is 10.9. The molecule has 0 aromatic heterocycles. The van der Waals surface area contributed by atoms with E-state index in [0.717, 1.165) is 24.1 Å². The highest BCUT2D eigenvalue weighted by molar-refractivity contribution is 5.84. The van der Waals surface area contributed by atoms with Crippen LogP contribution in [-0.4, -0.2) is 49.2 Å². The number of rotatable bonds is 8. The molecule has 0 saturated heterocycles. The molecule has 1 saturated carbocycles. The number of carboxylic acid groups (broad SMARTS) is 1. The van der Waals surface area contributed by atoms with Crippen LogP contribution in [0.2, 0.25) is 0 Å². The summed E-state index contributed by atoms with van der Waals surface area (Å²) < 4.78 is 6.58. The highest BCUT2D eigenvalue weighted by atomic mass is 16.5. The van der Waals surface area contributed by atoms with Crippen molar-refractivity contribution in [3.8, 4) is 11.5 Å². The quantitative estimate of drug-likeness (QED) is 0.339. The first kappa shape index (κ1) is 22.4. The summed E-state index contributed by atoms with van der Waals surface area (Å²) in [6.07, 6.45) is 4.16. The number of hydrogen-bond acceptors (Lipinski definition) is 8. The van der Waals surface area contributed by atoms with Crippen LogP contribution < -0.4 is 16.6 Å². The monoisotopic (exact) mass is 455 g/mol. The van der Waals surface area contributed by atoms with Gasteiger partial charge in [0.2, 0.25) is 0 Å². The summed E-state index contributed by atoms with van der Waals surface area (Å²) in [7, 11) is 0. The average molecular weight is 455 g/mol. The van der Waals surface area contributed by atoms with E-state index in [9.17, 15) is 19.2 Å². The van der Waals surface area contributed by atoms with Crippen LogP contribution in [0, 0.1) is 6.92 Å². The van der Waals surface area contributed by atoms with E-state index in [1.54, 1.807) is 4.57 Å². The molecule has 2 aliphatic heterocycles. The number of nitrogens with zero attached hydrogens (tertiary/aromatic N) is 3. The van der Waals surface area contributed by atoms with Crippen molar-refractivity contribution in [2.45, 2.75) is 58.0 Å². The van der Waals surface area contributed by atoms with Gasteiger partial charge in [0.05, 0.1) is 23.9 Å². The average Bonchev–Trinajstić information content (AvgIpc) is 3.25. The molecule has 0 atom stereocenters. The van der Waals surface area contributed by atoms with Crippen molar-refractivity contribution in [2.24, 2.45) is 0 Å². The third kappa shape index (κ3) is 5.02. The molecule has 0 spiro atoms. The first-order chi connectivity index (χ1) is 15.8. The fraction of sp³-hybridized carbons (Fsp3) is 0.455. The summed E-state index contributed by atoms with van der Waals surface area (Å²) in [5.74, 6) is -1.58. The van der Waals surface area contributed by atoms with Crippen molar-refractivity contribution < 1.29 is 19.4 Å². The van der Waals surface area contributed by atoms with E-state index in [0.29, 0.717) is 17.1 Å². The third-order valence-corrected chi connectivity index (χ3v) is 5.79. The minimum Gasteiger partial charge on any atom is -0.481 e. The number of ether oxygens (including phenoxy) is 1. The van der Waals surface area contributed by atoms with Crippen LogP contribution in [0.5, 0.6) is 0 Å². The molecule has 0 bridgehead atoms. The van der Waals surface area contributed by atoms with Crippen molar-refractivity contribution in [3.05, 3.63) is 38.5 Å². The van der Waals surface area contributed by atoms with E-state index in [1.165, 1.54) is 12.8 Å². The molecule has 11 heteroatoms. The highest BCUT2D eigenvalue weighted by Crippen LogP contribution is 2.29. The Morgan fingerprint density at radius 2 is 1.97 bits per heavy atom. The van der Waals surface area contributed by atoms with Gasteiger partial charge in [0.15, 0.2) is 11.5 Å². The predicted octanol–water partition coefficient (Wildman–Crippen LogP) is 1.66. The van der Waals surface area contributed by atoms with Crippen LogP contribution in [0.3, 0.4) is 0 Å². The largest absolute Gasteiger partial charge is 0.481 e. The molecule has 1 aromatic carbocycles. The zero-order valence-corrected chi connectivity index (χ0v) is 18.2. The Balaban J connectivity index is 1.74. The molecular formula is C22H25N5O6. The second-order valence-electron chi connectivity index (χ2n) is 8.20. The number of carbonyl (C=O) groups is 2.